The summed E-state index contributed by atoms with van der Waals surface area (Å²) in [4.78, 5) is 11.1. The Morgan fingerprint density at radius 1 is 1.35 bits per heavy atom. The first-order valence-corrected chi connectivity index (χ1v) is 7.61. The van der Waals surface area contributed by atoms with Crippen LogP contribution in [-0.2, 0) is 9.53 Å². The predicted molar refractivity (Wildman–Crippen MR) is 70.5 cm³/mol. The van der Waals surface area contributed by atoms with Gasteiger partial charge in [0.25, 0.3) is 0 Å². The van der Waals surface area contributed by atoms with E-state index >= 15 is 0 Å². The summed E-state index contributed by atoms with van der Waals surface area (Å²) in [5, 5.41) is 9.01. The summed E-state index contributed by atoms with van der Waals surface area (Å²) in [6, 6.07) is 0. The first-order chi connectivity index (χ1) is 8.22. The molecule has 0 fully saturated rings. The standard InChI is InChI=1S/C11H18N2O2S2/c1-3-15-10(14)7-5-4-6-8-16-11-13-12-9(2)17-11/h3-8H2,1-2H3. The van der Waals surface area contributed by atoms with Crippen LogP contribution >= 0.6 is 23.1 Å². The van der Waals surface area contributed by atoms with Gasteiger partial charge >= 0.3 is 5.97 Å². The highest BCUT2D eigenvalue weighted by Gasteiger charge is 2.02. The van der Waals surface area contributed by atoms with Gasteiger partial charge < -0.3 is 4.74 Å². The SMILES string of the molecule is CCOC(=O)CCCCCSc1nnc(C)s1. The molecule has 1 heterocycles. The fraction of sp³-hybridized carbons (Fsp3) is 0.727. The molecule has 0 aliphatic rings. The van der Waals surface area contributed by atoms with Gasteiger partial charge in [-0.3, -0.25) is 4.79 Å². The van der Waals surface area contributed by atoms with Crippen LogP contribution in [-0.4, -0.2) is 28.5 Å². The van der Waals surface area contributed by atoms with E-state index in [1.54, 1.807) is 23.1 Å². The summed E-state index contributed by atoms with van der Waals surface area (Å²) in [6.07, 6.45) is 3.61. The maximum absolute atomic E-state index is 11.1. The monoisotopic (exact) mass is 274 g/mol. The number of ether oxygens (including phenoxy) is 1. The molecule has 0 aliphatic heterocycles. The lowest BCUT2D eigenvalue weighted by Crippen LogP contribution is -2.03. The van der Waals surface area contributed by atoms with Crippen LogP contribution in [0.3, 0.4) is 0 Å². The van der Waals surface area contributed by atoms with E-state index in [-0.39, 0.29) is 5.97 Å². The molecule has 17 heavy (non-hydrogen) atoms. The van der Waals surface area contributed by atoms with E-state index in [1.165, 1.54) is 0 Å². The van der Waals surface area contributed by atoms with Crippen LogP contribution < -0.4 is 0 Å². The first kappa shape index (κ1) is 14.4. The number of aromatic nitrogens is 2. The van der Waals surface area contributed by atoms with E-state index in [1.807, 2.05) is 13.8 Å². The molecule has 1 aromatic rings. The smallest absolute Gasteiger partial charge is 0.305 e. The van der Waals surface area contributed by atoms with Crippen LogP contribution in [0.1, 0.15) is 37.6 Å². The van der Waals surface area contributed by atoms with Crippen LogP contribution in [0.25, 0.3) is 0 Å². The van der Waals surface area contributed by atoms with E-state index in [0.717, 1.165) is 34.4 Å². The van der Waals surface area contributed by atoms with Crippen molar-refractivity contribution in [2.24, 2.45) is 0 Å². The molecule has 0 amide bonds. The molecular formula is C11H18N2O2S2. The topological polar surface area (TPSA) is 52.1 Å². The lowest BCUT2D eigenvalue weighted by molar-refractivity contribution is -0.143. The van der Waals surface area contributed by atoms with Gasteiger partial charge in [0.05, 0.1) is 6.61 Å². The molecule has 0 saturated heterocycles. The molecular weight excluding hydrogens is 256 g/mol. The van der Waals surface area contributed by atoms with Gasteiger partial charge in [0.15, 0.2) is 4.34 Å². The molecule has 1 aromatic heterocycles. The van der Waals surface area contributed by atoms with Crippen molar-refractivity contribution in [3.05, 3.63) is 5.01 Å². The van der Waals surface area contributed by atoms with Gasteiger partial charge in [0.2, 0.25) is 0 Å². The second-order valence-electron chi connectivity index (χ2n) is 3.55. The van der Waals surface area contributed by atoms with Crippen molar-refractivity contribution in [3.63, 3.8) is 0 Å². The molecule has 0 bridgehead atoms. The third-order valence-corrected chi connectivity index (χ3v) is 4.12. The molecule has 0 spiro atoms. The molecule has 0 radical (unpaired) electrons. The summed E-state index contributed by atoms with van der Waals surface area (Å²) in [7, 11) is 0. The highest BCUT2D eigenvalue weighted by molar-refractivity contribution is 8.01. The van der Waals surface area contributed by atoms with Crippen LogP contribution in [0.4, 0.5) is 0 Å². The van der Waals surface area contributed by atoms with Gasteiger partial charge in [-0.15, -0.1) is 10.2 Å². The van der Waals surface area contributed by atoms with Gasteiger partial charge in [0.1, 0.15) is 5.01 Å². The molecule has 0 N–H and O–H groups in total. The summed E-state index contributed by atoms with van der Waals surface area (Å²) in [5.41, 5.74) is 0. The number of carbonyl (C=O) groups excluding carboxylic acids is 1. The Kier molecular flexibility index (Phi) is 7.19. The molecule has 0 aromatic carbocycles. The van der Waals surface area contributed by atoms with E-state index in [4.69, 9.17) is 4.74 Å². The third kappa shape index (κ3) is 6.63. The number of hydrogen-bond donors (Lipinski definition) is 0. The Labute approximate surface area is 110 Å². The number of aryl methyl sites for hydroxylation is 1. The molecule has 0 saturated carbocycles. The van der Waals surface area contributed by atoms with Crippen molar-refractivity contribution >= 4 is 29.1 Å². The highest BCUT2D eigenvalue weighted by atomic mass is 32.2. The van der Waals surface area contributed by atoms with Gasteiger partial charge in [0, 0.05) is 12.2 Å². The molecule has 4 nitrogen and oxygen atoms in total. The summed E-state index contributed by atoms with van der Waals surface area (Å²) in [5.74, 6) is 0.956. The lowest BCUT2D eigenvalue weighted by atomic mass is 10.2. The summed E-state index contributed by atoms with van der Waals surface area (Å²) >= 11 is 3.37. The molecule has 96 valence electrons. The zero-order chi connectivity index (χ0) is 12.5. The number of thioether (sulfide) groups is 1. The Morgan fingerprint density at radius 3 is 2.82 bits per heavy atom. The van der Waals surface area contributed by atoms with Crippen molar-refractivity contribution in [2.75, 3.05) is 12.4 Å². The zero-order valence-electron chi connectivity index (χ0n) is 10.3. The van der Waals surface area contributed by atoms with Crippen molar-refractivity contribution in [3.8, 4) is 0 Å². The Hall–Kier alpha value is -0.620. The van der Waals surface area contributed by atoms with E-state index in [0.29, 0.717) is 13.0 Å². The first-order valence-electron chi connectivity index (χ1n) is 5.81. The van der Waals surface area contributed by atoms with Crippen LogP contribution in [0, 0.1) is 6.92 Å². The molecule has 6 heteroatoms. The Morgan fingerprint density at radius 2 is 2.18 bits per heavy atom. The fourth-order valence-corrected chi connectivity index (χ4v) is 3.16. The fourth-order valence-electron chi connectivity index (χ4n) is 1.28. The average molecular weight is 274 g/mol. The maximum atomic E-state index is 11.1. The lowest BCUT2D eigenvalue weighted by Gasteiger charge is -2.01. The van der Waals surface area contributed by atoms with Gasteiger partial charge in [-0.25, -0.2) is 0 Å². The molecule has 0 unspecified atom stereocenters. The van der Waals surface area contributed by atoms with E-state index in [9.17, 15) is 4.79 Å². The minimum atomic E-state index is -0.0834. The average Bonchev–Trinajstić information content (AvgIpc) is 2.70. The van der Waals surface area contributed by atoms with Crippen molar-refractivity contribution < 1.29 is 9.53 Å². The van der Waals surface area contributed by atoms with Gasteiger partial charge in [-0.1, -0.05) is 29.5 Å². The normalized spacial score (nSPS) is 10.5. The van der Waals surface area contributed by atoms with Crippen LogP contribution in [0.5, 0.6) is 0 Å². The van der Waals surface area contributed by atoms with Gasteiger partial charge in [-0.2, -0.15) is 0 Å². The number of rotatable bonds is 8. The highest BCUT2D eigenvalue weighted by Crippen LogP contribution is 2.23. The zero-order valence-corrected chi connectivity index (χ0v) is 11.9. The Balaban J connectivity index is 1.96. The summed E-state index contributed by atoms with van der Waals surface area (Å²) < 4.78 is 5.89. The van der Waals surface area contributed by atoms with Crippen LogP contribution in [0.2, 0.25) is 0 Å². The second-order valence-corrected chi connectivity index (χ2v) is 6.07. The van der Waals surface area contributed by atoms with E-state index < -0.39 is 0 Å². The number of esters is 1. The second kappa shape index (κ2) is 8.47. The number of carbonyl (C=O) groups is 1. The largest absolute Gasteiger partial charge is 0.466 e. The summed E-state index contributed by atoms with van der Waals surface area (Å²) in [6.45, 7) is 4.27. The minimum absolute atomic E-state index is 0.0834. The van der Waals surface area contributed by atoms with Crippen molar-refractivity contribution in [2.45, 2.75) is 43.9 Å². The van der Waals surface area contributed by atoms with Gasteiger partial charge in [-0.05, 0) is 26.7 Å². The molecule has 0 aliphatic carbocycles. The minimum Gasteiger partial charge on any atom is -0.466 e. The quantitative estimate of drug-likeness (QED) is 0.414. The molecule has 0 atom stereocenters. The maximum Gasteiger partial charge on any atom is 0.305 e. The molecule has 1 rings (SSSR count). The van der Waals surface area contributed by atoms with E-state index in [2.05, 4.69) is 10.2 Å². The number of unbranched alkanes of at least 4 members (excludes halogenated alkanes) is 2. The number of nitrogens with zero attached hydrogens (tertiary/aromatic N) is 2. The predicted octanol–water partition coefficient (Wildman–Crippen LogP) is 3.06. The Bertz CT molecular complexity index is 342. The number of hydrogen-bond acceptors (Lipinski definition) is 6. The third-order valence-electron chi connectivity index (χ3n) is 2.06. The van der Waals surface area contributed by atoms with Crippen molar-refractivity contribution in [1.82, 2.24) is 10.2 Å². The van der Waals surface area contributed by atoms with Crippen molar-refractivity contribution in [1.29, 1.82) is 0 Å². The van der Waals surface area contributed by atoms with Crippen LogP contribution in [0.15, 0.2) is 4.34 Å².